The molecule has 0 saturated heterocycles. The molecule has 0 aliphatic rings. The third kappa shape index (κ3) is 9.29. The van der Waals surface area contributed by atoms with E-state index in [9.17, 15) is 9.59 Å². The van der Waals surface area contributed by atoms with E-state index < -0.39 is 41.8 Å². The molecule has 0 spiro atoms. The van der Waals surface area contributed by atoms with Crippen molar-refractivity contribution < 1.29 is 35.1 Å². The molecular formula is C24H34N2O7. The molecule has 182 valence electrons. The highest BCUT2D eigenvalue weighted by Gasteiger charge is 2.31. The van der Waals surface area contributed by atoms with Crippen molar-refractivity contribution in [2.75, 3.05) is 0 Å². The fourth-order valence-electron chi connectivity index (χ4n) is 3.01. The van der Waals surface area contributed by atoms with Gasteiger partial charge in [0.1, 0.15) is 12.2 Å². The number of aromatic carboxylic acids is 1. The molecule has 9 nitrogen and oxygen atoms in total. The first-order valence-electron chi connectivity index (χ1n) is 10.5. The number of carbonyl (C=O) groups is 2. The Morgan fingerprint density at radius 1 is 0.848 bits per heavy atom. The fourth-order valence-corrected chi connectivity index (χ4v) is 3.01. The number of primary amides is 1. The van der Waals surface area contributed by atoms with Crippen molar-refractivity contribution >= 4 is 11.9 Å². The zero-order valence-corrected chi connectivity index (χ0v) is 18.8. The summed E-state index contributed by atoms with van der Waals surface area (Å²) in [6, 6.07) is 16.0. The van der Waals surface area contributed by atoms with Crippen LogP contribution in [0.3, 0.4) is 0 Å². The van der Waals surface area contributed by atoms with Gasteiger partial charge in [0.15, 0.2) is 0 Å². The summed E-state index contributed by atoms with van der Waals surface area (Å²) < 4.78 is 0. The number of benzene rings is 2. The number of nitrogens with two attached hydrogens (primary N) is 2. The van der Waals surface area contributed by atoms with Crippen LogP contribution >= 0.6 is 0 Å². The second-order valence-electron chi connectivity index (χ2n) is 8.15. The van der Waals surface area contributed by atoms with Crippen molar-refractivity contribution in [3.05, 3.63) is 71.3 Å². The standard InChI is InChI=1S/C18H20N2O3.C6H14O4/c19-17(23)18(20,12-14-4-2-1-3-5-14)11-10-13-6-8-15(9-7-13)16(21)22;1-3(7)5(9)6(10)4(2)8/h1-9H,10-12,20H2,(H2,19,23)(H,21,22);3-10H,1-2H3/t18-;3-,4+,5+,6-/m0./s1. The highest BCUT2D eigenvalue weighted by Crippen LogP contribution is 2.18. The van der Waals surface area contributed by atoms with Gasteiger partial charge in [0, 0.05) is 0 Å². The van der Waals surface area contributed by atoms with Crippen LogP contribution in [0.1, 0.15) is 41.8 Å². The molecule has 0 aromatic heterocycles. The van der Waals surface area contributed by atoms with Crippen LogP contribution in [0.5, 0.6) is 0 Å². The molecule has 0 unspecified atom stereocenters. The van der Waals surface area contributed by atoms with Crippen molar-refractivity contribution in [3.8, 4) is 0 Å². The van der Waals surface area contributed by atoms with Gasteiger partial charge in [-0.1, -0.05) is 42.5 Å². The van der Waals surface area contributed by atoms with Crippen molar-refractivity contribution in [3.63, 3.8) is 0 Å². The van der Waals surface area contributed by atoms with E-state index in [1.54, 1.807) is 12.1 Å². The normalized spacial score (nSPS) is 16.3. The van der Waals surface area contributed by atoms with Crippen LogP contribution < -0.4 is 11.5 Å². The molecule has 2 rings (SSSR count). The zero-order chi connectivity index (χ0) is 25.2. The van der Waals surface area contributed by atoms with Crippen LogP contribution in [0.25, 0.3) is 0 Å². The van der Waals surface area contributed by atoms with Gasteiger partial charge in [-0.25, -0.2) is 4.79 Å². The molecule has 0 saturated carbocycles. The molecule has 0 aliphatic carbocycles. The van der Waals surface area contributed by atoms with E-state index in [0.29, 0.717) is 19.3 Å². The van der Waals surface area contributed by atoms with E-state index in [0.717, 1.165) is 11.1 Å². The Kier molecular flexibility index (Phi) is 11.1. The lowest BCUT2D eigenvalue weighted by atomic mass is 9.85. The van der Waals surface area contributed by atoms with Crippen molar-refractivity contribution in [1.29, 1.82) is 0 Å². The lowest BCUT2D eigenvalue weighted by Gasteiger charge is -2.26. The molecule has 0 heterocycles. The van der Waals surface area contributed by atoms with Crippen molar-refractivity contribution in [2.24, 2.45) is 11.5 Å². The average molecular weight is 463 g/mol. The zero-order valence-electron chi connectivity index (χ0n) is 18.8. The van der Waals surface area contributed by atoms with Gasteiger partial charge in [-0.3, -0.25) is 4.79 Å². The number of hydrogen-bond acceptors (Lipinski definition) is 7. The summed E-state index contributed by atoms with van der Waals surface area (Å²) in [6.45, 7) is 2.69. The highest BCUT2D eigenvalue weighted by atomic mass is 16.4. The van der Waals surface area contributed by atoms with Crippen LogP contribution in [0.2, 0.25) is 0 Å². The highest BCUT2D eigenvalue weighted by molar-refractivity contribution is 5.87. The van der Waals surface area contributed by atoms with Crippen LogP contribution in [-0.4, -0.2) is 67.4 Å². The lowest BCUT2D eigenvalue weighted by Crippen LogP contribution is -2.54. The topological polar surface area (TPSA) is 187 Å². The number of hydrogen-bond donors (Lipinski definition) is 7. The monoisotopic (exact) mass is 462 g/mol. The molecule has 2 aromatic carbocycles. The third-order valence-corrected chi connectivity index (χ3v) is 5.25. The molecule has 0 bridgehead atoms. The van der Waals surface area contributed by atoms with Gasteiger partial charge in [0.05, 0.1) is 23.3 Å². The minimum Gasteiger partial charge on any atom is -0.478 e. The smallest absolute Gasteiger partial charge is 0.335 e. The summed E-state index contributed by atoms with van der Waals surface area (Å²) in [5, 5.41) is 44.1. The van der Waals surface area contributed by atoms with Gasteiger partial charge in [0.25, 0.3) is 0 Å². The summed E-state index contributed by atoms with van der Waals surface area (Å²) >= 11 is 0. The van der Waals surface area contributed by atoms with Crippen LogP contribution in [0, 0.1) is 0 Å². The summed E-state index contributed by atoms with van der Waals surface area (Å²) in [6.07, 6.45) is -3.29. The van der Waals surface area contributed by atoms with E-state index in [1.165, 1.54) is 26.0 Å². The second-order valence-corrected chi connectivity index (χ2v) is 8.15. The number of carboxylic acids is 1. The largest absolute Gasteiger partial charge is 0.478 e. The first-order valence-corrected chi connectivity index (χ1v) is 10.5. The Morgan fingerprint density at radius 2 is 1.33 bits per heavy atom. The average Bonchev–Trinajstić information content (AvgIpc) is 2.77. The summed E-state index contributed by atoms with van der Waals surface area (Å²) in [5.74, 6) is -1.51. The first kappa shape index (κ1) is 28.2. The number of carbonyl (C=O) groups excluding carboxylic acids is 1. The Balaban J connectivity index is 0.000000461. The van der Waals surface area contributed by atoms with Crippen LogP contribution in [0.4, 0.5) is 0 Å². The Hall–Kier alpha value is -2.82. The Morgan fingerprint density at radius 3 is 1.73 bits per heavy atom. The molecule has 0 radical (unpaired) electrons. The summed E-state index contributed by atoms with van der Waals surface area (Å²) in [5.41, 5.74) is 12.7. The molecule has 9 heteroatoms. The predicted octanol–water partition coefficient (Wildman–Crippen LogP) is 0.213. The molecule has 33 heavy (non-hydrogen) atoms. The molecule has 2 aromatic rings. The Bertz CT molecular complexity index is 860. The molecule has 1 amide bonds. The molecule has 0 aliphatic heterocycles. The minimum absolute atomic E-state index is 0.229. The quantitative estimate of drug-likeness (QED) is 0.261. The number of rotatable bonds is 10. The van der Waals surface area contributed by atoms with Gasteiger partial charge < -0.3 is 37.0 Å². The maximum atomic E-state index is 11.8. The predicted molar refractivity (Wildman–Crippen MR) is 123 cm³/mol. The van der Waals surface area contributed by atoms with Gasteiger partial charge >= 0.3 is 5.97 Å². The van der Waals surface area contributed by atoms with E-state index in [4.69, 9.17) is 37.0 Å². The summed E-state index contributed by atoms with van der Waals surface area (Å²) in [4.78, 5) is 22.7. The van der Waals surface area contributed by atoms with Crippen molar-refractivity contribution in [2.45, 2.75) is 63.1 Å². The minimum atomic E-state index is -1.28. The van der Waals surface area contributed by atoms with Crippen LogP contribution in [0.15, 0.2) is 54.6 Å². The Labute approximate surface area is 193 Å². The molecular weight excluding hydrogens is 428 g/mol. The number of aliphatic hydroxyl groups excluding tert-OH is 4. The first-order chi connectivity index (χ1) is 15.4. The molecule has 0 fully saturated rings. The number of aliphatic hydroxyl groups is 4. The van der Waals surface area contributed by atoms with Gasteiger partial charge in [0.2, 0.25) is 5.91 Å². The SMILES string of the molecule is C[C@H](O)[C@@H](O)[C@@H](O)[C@@H](C)O.NC(=O)[C@](N)(CCc1ccc(C(=O)O)cc1)Cc1ccccc1. The molecule has 9 N–H and O–H groups in total. The van der Waals surface area contributed by atoms with Crippen LogP contribution in [-0.2, 0) is 17.6 Å². The van der Waals surface area contributed by atoms with Gasteiger partial charge in [-0.15, -0.1) is 0 Å². The fraction of sp³-hybridized carbons (Fsp3) is 0.417. The lowest BCUT2D eigenvalue weighted by molar-refractivity contribution is -0.123. The maximum Gasteiger partial charge on any atom is 0.335 e. The second kappa shape index (κ2) is 13.0. The van der Waals surface area contributed by atoms with Gasteiger partial charge in [-0.05, 0) is 56.4 Å². The number of carboxylic acid groups (broad SMARTS) is 1. The maximum absolute atomic E-state index is 11.8. The van der Waals surface area contributed by atoms with E-state index >= 15 is 0 Å². The summed E-state index contributed by atoms with van der Waals surface area (Å²) in [7, 11) is 0. The van der Waals surface area contributed by atoms with Gasteiger partial charge in [-0.2, -0.15) is 0 Å². The van der Waals surface area contributed by atoms with E-state index in [2.05, 4.69) is 0 Å². The van der Waals surface area contributed by atoms with E-state index in [1.807, 2.05) is 30.3 Å². The third-order valence-electron chi connectivity index (χ3n) is 5.25. The number of amides is 1. The molecule has 5 atom stereocenters. The van der Waals surface area contributed by atoms with Crippen molar-refractivity contribution in [1.82, 2.24) is 0 Å². The van der Waals surface area contributed by atoms with E-state index in [-0.39, 0.29) is 5.56 Å². The number of aryl methyl sites for hydroxylation is 1.